The molecule has 2 saturated heterocycles. The molecule has 2 fully saturated rings. The lowest BCUT2D eigenvalue weighted by atomic mass is 10.2. The summed E-state index contributed by atoms with van der Waals surface area (Å²) in [5, 5.41) is 0. The van der Waals surface area contributed by atoms with Gasteiger partial charge in [-0.1, -0.05) is 0 Å². The van der Waals surface area contributed by atoms with E-state index in [9.17, 15) is 14.4 Å². The number of carbonyl (C=O) groups excluding carboxylic acids is 1. The third-order valence-corrected chi connectivity index (χ3v) is 4.35. The van der Waals surface area contributed by atoms with Crippen LogP contribution in [0.4, 0.5) is 0 Å². The number of H-pyrrole nitrogens is 2. The maximum Gasteiger partial charge on any atom is 0.325 e. The van der Waals surface area contributed by atoms with Crippen LogP contribution >= 0.6 is 0 Å². The number of amides is 1. The molecule has 1 atom stereocenters. The molecule has 0 bridgehead atoms. The minimum atomic E-state index is -0.636. The van der Waals surface area contributed by atoms with E-state index in [4.69, 9.17) is 4.74 Å². The third kappa shape index (κ3) is 3.28. The minimum Gasteiger partial charge on any atom is -0.372 e. The van der Waals surface area contributed by atoms with Crippen molar-refractivity contribution in [2.45, 2.75) is 18.9 Å². The first kappa shape index (κ1) is 15.0. The number of nitrogens with zero attached hydrogens (tertiary/aromatic N) is 1. The molecule has 3 N–H and O–H groups in total. The average Bonchev–Trinajstić information content (AvgIpc) is 3.00. The summed E-state index contributed by atoms with van der Waals surface area (Å²) in [7, 11) is 0. The Morgan fingerprint density at radius 3 is 2.77 bits per heavy atom. The van der Waals surface area contributed by atoms with Crippen molar-refractivity contribution < 1.29 is 14.4 Å². The molecule has 2 aliphatic rings. The summed E-state index contributed by atoms with van der Waals surface area (Å²) in [4.78, 5) is 42.5. The lowest BCUT2D eigenvalue weighted by Gasteiger charge is -2.33. The number of carbonyl (C=O) groups is 1. The number of hydrogen-bond acceptors (Lipinski definition) is 4. The van der Waals surface area contributed by atoms with Crippen molar-refractivity contribution in [3.8, 4) is 0 Å². The molecule has 8 nitrogen and oxygen atoms in total. The highest BCUT2D eigenvalue weighted by atomic mass is 16.5. The molecule has 22 heavy (non-hydrogen) atoms. The zero-order valence-electron chi connectivity index (χ0n) is 12.4. The van der Waals surface area contributed by atoms with Crippen LogP contribution in [0, 0.1) is 0 Å². The molecule has 8 heteroatoms. The van der Waals surface area contributed by atoms with Crippen LogP contribution in [0.15, 0.2) is 15.8 Å². The molecule has 1 amide bonds. The van der Waals surface area contributed by atoms with Gasteiger partial charge in [0.05, 0.1) is 26.2 Å². The Hall–Kier alpha value is -1.93. The molecule has 1 aromatic heterocycles. The molecular weight excluding hydrogens is 288 g/mol. The summed E-state index contributed by atoms with van der Waals surface area (Å²) < 4.78 is 5.65. The lowest BCUT2D eigenvalue weighted by molar-refractivity contribution is -0.906. The first-order valence-electron chi connectivity index (χ1n) is 7.70. The lowest BCUT2D eigenvalue weighted by Crippen LogP contribution is -3.15. The molecule has 3 heterocycles. The first-order chi connectivity index (χ1) is 10.6. The molecule has 0 unspecified atom stereocenters. The van der Waals surface area contributed by atoms with E-state index >= 15 is 0 Å². The normalized spacial score (nSPS) is 22.9. The van der Waals surface area contributed by atoms with E-state index in [0.29, 0.717) is 19.2 Å². The van der Waals surface area contributed by atoms with Crippen molar-refractivity contribution in [2.75, 3.05) is 39.3 Å². The summed E-state index contributed by atoms with van der Waals surface area (Å²) in [6.07, 6.45) is 3.80. The van der Waals surface area contributed by atoms with E-state index in [1.165, 1.54) is 11.1 Å². The minimum absolute atomic E-state index is 0.0119. The van der Waals surface area contributed by atoms with Crippen LogP contribution < -0.4 is 16.1 Å². The second kappa shape index (κ2) is 6.45. The Morgan fingerprint density at radius 2 is 2.14 bits per heavy atom. The molecule has 120 valence electrons. The number of hydrogen-bond donors (Lipinski definition) is 3. The van der Waals surface area contributed by atoms with E-state index in [2.05, 4.69) is 9.97 Å². The smallest absolute Gasteiger partial charge is 0.325 e. The van der Waals surface area contributed by atoms with Gasteiger partial charge < -0.3 is 19.5 Å². The Morgan fingerprint density at radius 1 is 1.36 bits per heavy atom. The number of aromatic nitrogens is 2. The average molecular weight is 309 g/mol. The number of ether oxygens (including phenoxy) is 1. The highest BCUT2D eigenvalue weighted by Crippen LogP contribution is 2.09. The van der Waals surface area contributed by atoms with Crippen molar-refractivity contribution in [2.24, 2.45) is 0 Å². The van der Waals surface area contributed by atoms with Gasteiger partial charge in [-0.25, -0.2) is 4.79 Å². The fourth-order valence-electron chi connectivity index (χ4n) is 3.10. The predicted molar refractivity (Wildman–Crippen MR) is 78.1 cm³/mol. The van der Waals surface area contributed by atoms with Crippen molar-refractivity contribution >= 4 is 5.91 Å². The molecule has 0 aromatic carbocycles. The van der Waals surface area contributed by atoms with Crippen LogP contribution in [0.25, 0.3) is 0 Å². The number of nitrogens with one attached hydrogen (secondary N) is 3. The molecule has 0 spiro atoms. The second-order valence-corrected chi connectivity index (χ2v) is 5.87. The fourth-order valence-corrected chi connectivity index (χ4v) is 3.10. The summed E-state index contributed by atoms with van der Waals surface area (Å²) >= 11 is 0. The molecule has 0 saturated carbocycles. The van der Waals surface area contributed by atoms with Crippen molar-refractivity contribution in [3.05, 3.63) is 32.6 Å². The van der Waals surface area contributed by atoms with Crippen LogP contribution in [-0.2, 0) is 4.74 Å². The maximum absolute atomic E-state index is 12.3. The van der Waals surface area contributed by atoms with Gasteiger partial charge in [0.25, 0.3) is 11.5 Å². The largest absolute Gasteiger partial charge is 0.372 e. The zero-order chi connectivity index (χ0) is 15.5. The van der Waals surface area contributed by atoms with Crippen molar-refractivity contribution in [3.63, 3.8) is 0 Å². The number of aromatic amines is 2. The highest BCUT2D eigenvalue weighted by molar-refractivity contribution is 5.93. The second-order valence-electron chi connectivity index (χ2n) is 5.87. The SMILES string of the molecule is O=C(c1c[nH]c(=O)[nH]c1=O)N1CC[NH+](C[C@H]2CCCO2)CC1. The number of rotatable bonds is 3. The van der Waals surface area contributed by atoms with Gasteiger partial charge >= 0.3 is 5.69 Å². The topological polar surface area (TPSA) is 99.7 Å². The molecule has 3 rings (SSSR count). The molecular formula is C14H21N4O4+. The molecule has 0 radical (unpaired) electrons. The van der Waals surface area contributed by atoms with Crippen molar-refractivity contribution in [1.29, 1.82) is 0 Å². The molecule has 1 aromatic rings. The first-order valence-corrected chi connectivity index (χ1v) is 7.70. The quantitative estimate of drug-likeness (QED) is 0.579. The van der Waals surface area contributed by atoms with Gasteiger partial charge in [0, 0.05) is 12.8 Å². The van der Waals surface area contributed by atoms with E-state index in [1.807, 2.05) is 0 Å². The van der Waals surface area contributed by atoms with Gasteiger partial charge in [0.15, 0.2) is 0 Å². The van der Waals surface area contributed by atoms with Gasteiger partial charge in [-0.3, -0.25) is 14.6 Å². The highest BCUT2D eigenvalue weighted by Gasteiger charge is 2.28. The Labute approximate surface area is 127 Å². The van der Waals surface area contributed by atoms with Gasteiger partial charge in [-0.15, -0.1) is 0 Å². The Balaban J connectivity index is 1.57. The van der Waals surface area contributed by atoms with E-state index < -0.39 is 11.2 Å². The van der Waals surface area contributed by atoms with Gasteiger partial charge in [0.1, 0.15) is 18.2 Å². The predicted octanol–water partition coefficient (Wildman–Crippen LogP) is -2.42. The Bertz CT molecular complexity index is 639. The summed E-state index contributed by atoms with van der Waals surface area (Å²) in [6, 6.07) is 0. The summed E-state index contributed by atoms with van der Waals surface area (Å²) in [6.45, 7) is 4.78. The van der Waals surface area contributed by atoms with Crippen LogP contribution in [0.1, 0.15) is 23.2 Å². The van der Waals surface area contributed by atoms with Gasteiger partial charge in [0.2, 0.25) is 0 Å². The van der Waals surface area contributed by atoms with E-state index in [1.54, 1.807) is 4.90 Å². The standard InChI is InChI=1S/C14H20N4O4/c19-12-11(8-15-14(21)16-12)13(20)18-5-3-17(4-6-18)9-10-2-1-7-22-10/h8,10H,1-7,9H2,(H2,15,16,19,21)/p+1/t10-/m1/s1. The van der Waals surface area contributed by atoms with E-state index in [-0.39, 0.29) is 11.5 Å². The number of quaternary nitrogens is 1. The zero-order valence-corrected chi connectivity index (χ0v) is 12.4. The fraction of sp³-hybridized carbons (Fsp3) is 0.643. The van der Waals surface area contributed by atoms with Crippen LogP contribution in [0.3, 0.4) is 0 Å². The van der Waals surface area contributed by atoms with Crippen molar-refractivity contribution in [1.82, 2.24) is 14.9 Å². The molecule has 0 aliphatic carbocycles. The summed E-state index contributed by atoms with van der Waals surface area (Å²) in [5.41, 5.74) is -1.25. The van der Waals surface area contributed by atoms with Crippen LogP contribution in [0.2, 0.25) is 0 Å². The third-order valence-electron chi connectivity index (χ3n) is 4.35. The Kier molecular flexibility index (Phi) is 4.39. The monoisotopic (exact) mass is 309 g/mol. The van der Waals surface area contributed by atoms with Gasteiger partial charge in [-0.2, -0.15) is 0 Å². The molecule has 2 aliphatic heterocycles. The van der Waals surface area contributed by atoms with Crippen LogP contribution in [0.5, 0.6) is 0 Å². The number of piperazine rings is 1. The van der Waals surface area contributed by atoms with Crippen LogP contribution in [-0.4, -0.2) is 66.2 Å². The maximum atomic E-state index is 12.3. The van der Waals surface area contributed by atoms with Gasteiger partial charge in [-0.05, 0) is 12.8 Å². The summed E-state index contributed by atoms with van der Waals surface area (Å²) in [5.74, 6) is -0.325. The van der Waals surface area contributed by atoms with E-state index in [0.717, 1.165) is 39.1 Å².